The largest absolute Gasteiger partial charge is 1.00 e. The van der Waals surface area contributed by atoms with Crippen LogP contribution in [0.5, 0.6) is 0 Å². The minimum atomic E-state index is 0. The molecule has 0 aromatic rings. The van der Waals surface area contributed by atoms with Crippen LogP contribution < -0.4 is 6.15 Å². The summed E-state index contributed by atoms with van der Waals surface area (Å²) in [6, 6.07) is 0. The van der Waals surface area contributed by atoms with Gasteiger partial charge >= 0.3 is 22.4 Å². The van der Waals surface area contributed by atoms with Crippen LogP contribution in [0.3, 0.4) is 0 Å². The van der Waals surface area contributed by atoms with Gasteiger partial charge in [-0.05, 0) is 0 Å². The Hall–Kier alpha value is -0.320. The van der Waals surface area contributed by atoms with Gasteiger partial charge in [0.2, 0.25) is 0 Å². The van der Waals surface area contributed by atoms with Crippen molar-refractivity contribution in [2.45, 2.75) is 0 Å². The third-order valence-electron chi connectivity index (χ3n) is 0. The van der Waals surface area contributed by atoms with Gasteiger partial charge < -0.3 is 29.8 Å². The molecule has 0 aromatic carbocycles. The van der Waals surface area contributed by atoms with Gasteiger partial charge in [0.15, 0.2) is 0 Å². The second kappa shape index (κ2) is 620. The molecule has 0 saturated heterocycles. The molecule has 4 N–H and O–H groups in total. The zero-order valence-corrected chi connectivity index (χ0v) is 5.36. The molecule has 0 spiro atoms. The van der Waals surface area contributed by atoms with Gasteiger partial charge in [0.05, 0.1) is 0 Å². The van der Waals surface area contributed by atoms with E-state index in [-0.39, 0.29) is 28.5 Å². The van der Waals surface area contributed by atoms with E-state index in [4.69, 9.17) is 23.7 Å². The fourth-order valence-electron chi connectivity index (χ4n) is 0. The van der Waals surface area contributed by atoms with E-state index in [1.54, 1.807) is 0 Å². The first-order valence-electron chi connectivity index (χ1n) is 0.447. The molecule has 0 rings (SSSR count). The van der Waals surface area contributed by atoms with E-state index >= 15 is 0 Å². The first-order chi connectivity index (χ1) is 2.00. The number of hydrogen-bond donors (Lipinski definition) is 1. The van der Waals surface area contributed by atoms with Crippen molar-refractivity contribution in [1.82, 2.24) is 6.15 Å². The molecule has 3 nitrogen and oxygen atoms in total. The summed E-state index contributed by atoms with van der Waals surface area (Å²) in [5, 5.41) is 12.5. The Morgan fingerprint density at radius 3 is 0.833 bits per heavy atom. The summed E-state index contributed by atoms with van der Waals surface area (Å²) in [6.07, 6.45) is 0. The van der Waals surface area contributed by atoms with Crippen LogP contribution in [0.15, 0.2) is 0 Å². The first kappa shape index (κ1) is 44.1. The van der Waals surface area contributed by atoms with E-state index < -0.39 is 0 Å². The van der Waals surface area contributed by atoms with Crippen LogP contribution >= 0.6 is 0 Å². The number of rotatable bonds is 0. The van der Waals surface area contributed by atoms with Gasteiger partial charge in [-0.2, -0.15) is 0 Å². The quantitative estimate of drug-likeness (QED) is 0.514. The molecular weight excluding hydrogens is 263 g/mol. The third-order valence-corrected chi connectivity index (χ3v) is 0. The molecule has 0 radical (unpaired) electrons. The number of nitrogens with zero attached hydrogens (tertiary/aromatic N) is 2. The van der Waals surface area contributed by atoms with Crippen LogP contribution in [0.2, 0.25) is 0 Å². The monoisotopic (exact) mass is 267 g/mol. The molecule has 4 heteroatoms. The van der Waals surface area contributed by atoms with E-state index in [2.05, 4.69) is 0 Å². The maximum Gasteiger partial charge on any atom is 1.00 e. The average molecular weight is 267 g/mol. The predicted molar refractivity (Wildman–Crippen MR) is 15.9 cm³/mol. The Morgan fingerprint density at radius 1 is 0.833 bits per heavy atom. The van der Waals surface area contributed by atoms with Crippen molar-refractivity contribution in [2.24, 2.45) is 0 Å². The van der Waals surface area contributed by atoms with Crippen molar-refractivity contribution in [3.63, 3.8) is 0 Å². The summed E-state index contributed by atoms with van der Waals surface area (Å²) in [7, 11) is 0. The molecule has 0 aromatic heterocycles. The molecule has 0 atom stereocenters. The van der Waals surface area contributed by atoms with Crippen molar-refractivity contribution in [2.75, 3.05) is 0 Å². The summed E-state index contributed by atoms with van der Waals surface area (Å²) in [6.45, 7) is 9.50. The number of quaternary nitrogens is 1. The van der Waals surface area contributed by atoms with Crippen molar-refractivity contribution in [3.05, 3.63) is 13.1 Å². The van der Waals surface area contributed by atoms with E-state index in [9.17, 15) is 0 Å². The van der Waals surface area contributed by atoms with Gasteiger partial charge in [0.25, 0.3) is 0 Å². The van der Waals surface area contributed by atoms with Crippen LogP contribution in [-0.2, 0) is 22.4 Å². The zero-order chi connectivity index (χ0) is 4.00. The smallest absolute Gasteiger partial charge is 0.512 e. The molecule has 38 valence electrons. The van der Waals surface area contributed by atoms with Crippen LogP contribution in [-0.4, -0.2) is 0 Å². The topological polar surface area (TPSA) is 84.1 Å². The van der Waals surface area contributed by atoms with Crippen LogP contribution in [0, 0.1) is 23.7 Å². The van der Waals surface area contributed by atoms with Gasteiger partial charge in [0, 0.05) is 0 Å². The first-order valence-corrected chi connectivity index (χ1v) is 0.447. The van der Waals surface area contributed by atoms with E-state index in [1.165, 1.54) is 0 Å². The minimum Gasteiger partial charge on any atom is -0.512 e. The van der Waals surface area contributed by atoms with E-state index in [1.807, 2.05) is 0 Å². The van der Waals surface area contributed by atoms with Gasteiger partial charge in [0.1, 0.15) is 0 Å². The zero-order valence-electron chi connectivity index (χ0n) is 3.20. The van der Waals surface area contributed by atoms with E-state index in [0.29, 0.717) is 0 Å². The molecule has 0 aliphatic heterocycles. The second-order valence-corrected chi connectivity index (χ2v) is 0. The Morgan fingerprint density at radius 2 is 0.833 bits per heavy atom. The fraction of sp³-hybridized carbons (Fsp3) is 0. The summed E-state index contributed by atoms with van der Waals surface area (Å²) >= 11 is 0. The van der Waals surface area contributed by atoms with E-state index in [0.717, 1.165) is 0 Å². The fourth-order valence-corrected chi connectivity index (χ4v) is 0. The normalized spacial score (nSPS) is 0.667. The number of hydrogen-bond acceptors (Lipinski definition) is 2. The van der Waals surface area contributed by atoms with Crippen molar-refractivity contribution < 1.29 is 22.4 Å². The molecule has 0 amide bonds. The molecule has 0 aliphatic rings. The maximum atomic E-state index is 6.25. The average Bonchev–Trinajstić information content (AvgIpc) is 1.50. The van der Waals surface area contributed by atoms with Gasteiger partial charge in [-0.25, -0.2) is 0 Å². The second-order valence-electron chi connectivity index (χ2n) is 0. The van der Waals surface area contributed by atoms with Crippen LogP contribution in [0.1, 0.15) is 0 Å². The molecule has 6 heavy (non-hydrogen) atoms. The molecule has 0 aliphatic carbocycles. The third kappa shape index (κ3) is 259. The Kier molecular flexibility index (Phi) is 4550. The Balaban J connectivity index is -0.00000000500. The Bertz CT molecular complexity index is 24.3. The summed E-state index contributed by atoms with van der Waals surface area (Å²) in [5.74, 6) is 0. The molecule has 0 bridgehead atoms. The molecule has 0 heterocycles. The SMILES string of the molecule is [Au+].[C-]#N.[C-]#N.[NH4+]. The molecular formula is C2H4AuN3. The molecule has 0 saturated carbocycles. The van der Waals surface area contributed by atoms with Crippen molar-refractivity contribution in [3.8, 4) is 0 Å². The summed E-state index contributed by atoms with van der Waals surface area (Å²) in [5.41, 5.74) is 0. The molecule has 0 unspecified atom stereocenters. The summed E-state index contributed by atoms with van der Waals surface area (Å²) in [4.78, 5) is 0. The van der Waals surface area contributed by atoms with Crippen LogP contribution in [0.25, 0.3) is 0 Å². The van der Waals surface area contributed by atoms with Crippen LogP contribution in [0.4, 0.5) is 0 Å². The maximum absolute atomic E-state index is 6.25. The predicted octanol–water partition coefficient (Wildman–Crippen LogP) is 0.566. The standard InChI is InChI=1S/2CN.Au.H3N/c2*1-2;;/h;;;1H3/q2*-1;+1;/p+1. The minimum absolute atomic E-state index is 0. The molecule has 0 fully saturated rings. The van der Waals surface area contributed by atoms with Gasteiger partial charge in [-0.1, -0.05) is 0 Å². The van der Waals surface area contributed by atoms with Crippen molar-refractivity contribution >= 4 is 0 Å². The Labute approximate surface area is 52.7 Å². The van der Waals surface area contributed by atoms with Gasteiger partial charge in [-0.15, -0.1) is 0 Å². The van der Waals surface area contributed by atoms with Gasteiger partial charge in [-0.3, -0.25) is 0 Å². The summed E-state index contributed by atoms with van der Waals surface area (Å²) < 4.78 is 0. The van der Waals surface area contributed by atoms with Crippen molar-refractivity contribution in [1.29, 1.82) is 10.5 Å².